The monoisotopic (exact) mass is 304 g/mol. The molecular weight excluding hydrogens is 274 g/mol. The van der Waals surface area contributed by atoms with Crippen LogP contribution in [0.2, 0.25) is 0 Å². The van der Waals surface area contributed by atoms with Crippen LogP contribution in [0.25, 0.3) is 0 Å². The largest absolute Gasteiger partial charge is 0.389 e. The van der Waals surface area contributed by atoms with Crippen molar-refractivity contribution in [1.82, 2.24) is 9.80 Å². The highest BCUT2D eigenvalue weighted by atomic mass is 19.3. The molecule has 1 N–H and O–H groups in total. The summed E-state index contributed by atoms with van der Waals surface area (Å²) >= 11 is 0. The van der Waals surface area contributed by atoms with Crippen molar-refractivity contribution in [3.8, 4) is 0 Å². The molecule has 0 aromatic carbocycles. The Bertz CT molecular complexity index is 319. The SMILES string of the molecule is CC[C@@H]1CN(CC2(O)CCC(C)CC2)CCN1CC(F)F. The molecule has 0 amide bonds. The summed E-state index contributed by atoms with van der Waals surface area (Å²) in [6.45, 7) is 7.18. The number of rotatable bonds is 5. The standard InChI is InChI=1S/C16H30F2N2O/c1-3-14-10-19(8-9-20(14)11-15(17)18)12-16(21)6-4-13(2)5-7-16/h13-15,21H,3-12H2,1-2H3/t13?,14-,16?/m1/s1. The van der Waals surface area contributed by atoms with Crippen molar-refractivity contribution in [2.45, 2.75) is 64.0 Å². The minimum absolute atomic E-state index is 0.117. The van der Waals surface area contributed by atoms with Gasteiger partial charge in [-0.1, -0.05) is 13.8 Å². The van der Waals surface area contributed by atoms with Gasteiger partial charge in [0.1, 0.15) is 0 Å². The van der Waals surface area contributed by atoms with Gasteiger partial charge in [0.25, 0.3) is 6.43 Å². The second-order valence-electron chi connectivity index (χ2n) is 7.09. The first-order chi connectivity index (χ1) is 9.92. The summed E-state index contributed by atoms with van der Waals surface area (Å²) in [4.78, 5) is 4.19. The third-order valence-electron chi connectivity index (χ3n) is 5.26. The molecule has 124 valence electrons. The zero-order valence-electron chi connectivity index (χ0n) is 13.4. The molecule has 0 bridgehead atoms. The van der Waals surface area contributed by atoms with Crippen molar-refractivity contribution < 1.29 is 13.9 Å². The topological polar surface area (TPSA) is 26.7 Å². The molecule has 1 aliphatic heterocycles. The fraction of sp³-hybridized carbons (Fsp3) is 1.00. The van der Waals surface area contributed by atoms with Gasteiger partial charge in [-0.2, -0.15) is 0 Å². The molecule has 0 unspecified atom stereocenters. The summed E-state index contributed by atoms with van der Waals surface area (Å²) in [6, 6.07) is 0.193. The quantitative estimate of drug-likeness (QED) is 0.846. The Hall–Kier alpha value is -0.260. The van der Waals surface area contributed by atoms with Gasteiger partial charge in [0.05, 0.1) is 12.1 Å². The van der Waals surface area contributed by atoms with Crippen molar-refractivity contribution in [2.24, 2.45) is 5.92 Å². The summed E-state index contributed by atoms with van der Waals surface area (Å²) in [5, 5.41) is 10.7. The Labute approximate surface area is 127 Å². The fourth-order valence-electron chi connectivity index (χ4n) is 3.78. The second kappa shape index (κ2) is 7.34. The minimum atomic E-state index is -2.25. The maximum absolute atomic E-state index is 12.6. The van der Waals surface area contributed by atoms with Crippen molar-refractivity contribution in [3.63, 3.8) is 0 Å². The van der Waals surface area contributed by atoms with E-state index in [9.17, 15) is 13.9 Å². The molecule has 5 heteroatoms. The van der Waals surface area contributed by atoms with Crippen LogP contribution in [0.1, 0.15) is 46.0 Å². The molecule has 0 aromatic rings. The maximum Gasteiger partial charge on any atom is 0.251 e. The van der Waals surface area contributed by atoms with Crippen LogP contribution < -0.4 is 0 Å². The minimum Gasteiger partial charge on any atom is -0.389 e. The van der Waals surface area contributed by atoms with Crippen LogP contribution in [0.3, 0.4) is 0 Å². The first-order valence-electron chi connectivity index (χ1n) is 8.39. The third kappa shape index (κ3) is 4.86. The zero-order chi connectivity index (χ0) is 15.5. The molecule has 0 aromatic heterocycles. The Morgan fingerprint density at radius 1 is 1.24 bits per heavy atom. The first kappa shape index (κ1) is 17.1. The van der Waals surface area contributed by atoms with Crippen LogP contribution in [0.5, 0.6) is 0 Å². The van der Waals surface area contributed by atoms with Gasteiger partial charge in [0.15, 0.2) is 0 Å². The van der Waals surface area contributed by atoms with E-state index in [-0.39, 0.29) is 12.6 Å². The highest BCUT2D eigenvalue weighted by Gasteiger charge is 2.36. The third-order valence-corrected chi connectivity index (χ3v) is 5.26. The molecule has 1 atom stereocenters. The molecule has 0 radical (unpaired) electrons. The van der Waals surface area contributed by atoms with Gasteiger partial charge in [0, 0.05) is 32.2 Å². The number of β-amino-alcohol motifs (C(OH)–C–C–N with tert-alkyl or cyclic N) is 1. The Balaban J connectivity index is 1.85. The van der Waals surface area contributed by atoms with Crippen LogP contribution in [-0.4, -0.2) is 65.7 Å². The van der Waals surface area contributed by atoms with Gasteiger partial charge in [0.2, 0.25) is 0 Å². The lowest BCUT2D eigenvalue weighted by Gasteiger charge is -2.45. The molecular formula is C16H30F2N2O. The van der Waals surface area contributed by atoms with E-state index >= 15 is 0 Å². The molecule has 1 saturated heterocycles. The van der Waals surface area contributed by atoms with E-state index in [0.29, 0.717) is 13.1 Å². The van der Waals surface area contributed by atoms with Crippen LogP contribution in [-0.2, 0) is 0 Å². The molecule has 1 saturated carbocycles. The number of hydrogen-bond acceptors (Lipinski definition) is 3. The highest BCUT2D eigenvalue weighted by molar-refractivity contribution is 4.90. The van der Waals surface area contributed by atoms with Crippen molar-refractivity contribution in [2.75, 3.05) is 32.7 Å². The number of piperazine rings is 1. The van der Waals surface area contributed by atoms with E-state index in [0.717, 1.165) is 51.1 Å². The lowest BCUT2D eigenvalue weighted by Crippen LogP contribution is -2.57. The molecule has 1 heterocycles. The van der Waals surface area contributed by atoms with Gasteiger partial charge >= 0.3 is 0 Å². The lowest BCUT2D eigenvalue weighted by molar-refractivity contribution is -0.0560. The van der Waals surface area contributed by atoms with Crippen molar-refractivity contribution in [1.29, 1.82) is 0 Å². The number of aliphatic hydroxyl groups is 1. The van der Waals surface area contributed by atoms with Crippen LogP contribution in [0.15, 0.2) is 0 Å². The number of hydrogen-bond donors (Lipinski definition) is 1. The maximum atomic E-state index is 12.6. The van der Waals surface area contributed by atoms with E-state index in [2.05, 4.69) is 18.7 Å². The van der Waals surface area contributed by atoms with Crippen LogP contribution >= 0.6 is 0 Å². The Morgan fingerprint density at radius 3 is 2.48 bits per heavy atom. The smallest absolute Gasteiger partial charge is 0.251 e. The number of alkyl halides is 2. The predicted octanol–water partition coefficient (Wildman–Crippen LogP) is 2.59. The van der Waals surface area contributed by atoms with E-state index in [4.69, 9.17) is 0 Å². The summed E-state index contributed by atoms with van der Waals surface area (Å²) in [7, 11) is 0. The van der Waals surface area contributed by atoms with Crippen LogP contribution in [0, 0.1) is 5.92 Å². The van der Waals surface area contributed by atoms with Gasteiger partial charge in [-0.25, -0.2) is 8.78 Å². The molecule has 2 aliphatic rings. The van der Waals surface area contributed by atoms with Crippen molar-refractivity contribution >= 4 is 0 Å². The Kier molecular flexibility index (Phi) is 5.97. The average molecular weight is 304 g/mol. The summed E-state index contributed by atoms with van der Waals surface area (Å²) in [5.41, 5.74) is -0.560. The van der Waals surface area contributed by atoms with Gasteiger partial charge in [-0.15, -0.1) is 0 Å². The molecule has 1 aliphatic carbocycles. The second-order valence-corrected chi connectivity index (χ2v) is 7.09. The normalized spacial score (nSPS) is 36.3. The molecule has 2 rings (SSSR count). The van der Waals surface area contributed by atoms with E-state index in [1.54, 1.807) is 0 Å². The van der Waals surface area contributed by atoms with Crippen LogP contribution in [0.4, 0.5) is 8.78 Å². The first-order valence-corrected chi connectivity index (χ1v) is 8.39. The summed E-state index contributed by atoms with van der Waals surface area (Å²) in [6.07, 6.45) is 2.58. The highest BCUT2D eigenvalue weighted by Crippen LogP contribution is 2.33. The van der Waals surface area contributed by atoms with E-state index in [1.165, 1.54) is 0 Å². The molecule has 2 fully saturated rings. The zero-order valence-corrected chi connectivity index (χ0v) is 13.4. The molecule has 21 heavy (non-hydrogen) atoms. The van der Waals surface area contributed by atoms with Gasteiger partial charge in [-0.3, -0.25) is 9.80 Å². The van der Waals surface area contributed by atoms with E-state index < -0.39 is 12.0 Å². The molecule has 0 spiro atoms. The lowest BCUT2D eigenvalue weighted by atomic mass is 9.79. The number of nitrogens with zero attached hydrogens (tertiary/aromatic N) is 2. The predicted molar refractivity (Wildman–Crippen MR) is 80.7 cm³/mol. The summed E-state index contributed by atoms with van der Waals surface area (Å²) < 4.78 is 25.2. The Morgan fingerprint density at radius 2 is 1.90 bits per heavy atom. The molecule has 3 nitrogen and oxygen atoms in total. The fourth-order valence-corrected chi connectivity index (χ4v) is 3.78. The summed E-state index contributed by atoms with van der Waals surface area (Å²) in [5.74, 6) is 0.719. The van der Waals surface area contributed by atoms with Crippen molar-refractivity contribution in [3.05, 3.63) is 0 Å². The van der Waals surface area contributed by atoms with E-state index in [1.807, 2.05) is 4.90 Å². The van der Waals surface area contributed by atoms with Gasteiger partial charge in [-0.05, 0) is 38.0 Å². The number of halogens is 2. The van der Waals surface area contributed by atoms with Gasteiger partial charge < -0.3 is 5.11 Å². The average Bonchev–Trinajstić information content (AvgIpc) is 2.43.